The van der Waals surface area contributed by atoms with Crippen LogP contribution in [0.1, 0.15) is 26.2 Å². The molecule has 1 saturated heterocycles. The highest BCUT2D eigenvalue weighted by atomic mass is 32.2. The van der Waals surface area contributed by atoms with Crippen molar-refractivity contribution in [2.45, 2.75) is 32.2 Å². The molecule has 2 unspecified atom stereocenters. The Bertz CT molecular complexity index is 305. The minimum atomic E-state index is -3.36. The van der Waals surface area contributed by atoms with E-state index < -0.39 is 10.0 Å². The number of likely N-dealkylation sites (tertiary alicyclic amines) is 1. The fraction of sp³-hybridized carbons (Fsp3) is 1.00. The molecule has 0 aliphatic carbocycles. The summed E-state index contributed by atoms with van der Waals surface area (Å²) < 4.78 is 21.8. The minimum Gasteiger partial charge on any atom is -0.329 e. The van der Waals surface area contributed by atoms with Crippen LogP contribution in [0.15, 0.2) is 0 Å². The Labute approximate surface area is 98.2 Å². The van der Waals surface area contributed by atoms with Gasteiger partial charge in [-0.15, -0.1) is 0 Å². The summed E-state index contributed by atoms with van der Waals surface area (Å²) in [6, 6.07) is 0.320. The lowest BCUT2D eigenvalue weighted by atomic mass is 9.89. The van der Waals surface area contributed by atoms with Crippen molar-refractivity contribution in [1.29, 1.82) is 0 Å². The van der Waals surface area contributed by atoms with Crippen LogP contribution >= 0.6 is 0 Å². The van der Waals surface area contributed by atoms with E-state index in [2.05, 4.69) is 11.8 Å². The van der Waals surface area contributed by atoms with Crippen LogP contribution in [0.2, 0.25) is 0 Å². The molecule has 0 radical (unpaired) electrons. The summed E-state index contributed by atoms with van der Waals surface area (Å²) in [6.07, 6.45) is 3.40. The lowest BCUT2D eigenvalue weighted by molar-refractivity contribution is 0.122. The van der Waals surface area contributed by atoms with Crippen LogP contribution in [0.25, 0.3) is 0 Å². The first-order chi connectivity index (χ1) is 7.46. The van der Waals surface area contributed by atoms with E-state index in [4.69, 9.17) is 10.9 Å². The first kappa shape index (κ1) is 13.9. The highest BCUT2D eigenvalue weighted by molar-refractivity contribution is 7.89. The zero-order valence-corrected chi connectivity index (χ0v) is 10.7. The molecule has 6 heteroatoms. The van der Waals surface area contributed by atoms with Crippen LogP contribution in [0.5, 0.6) is 0 Å². The van der Waals surface area contributed by atoms with Gasteiger partial charge in [-0.1, -0.05) is 13.3 Å². The smallest absolute Gasteiger partial charge is 0.210 e. The molecule has 1 aliphatic rings. The van der Waals surface area contributed by atoms with E-state index >= 15 is 0 Å². The van der Waals surface area contributed by atoms with Crippen LogP contribution in [-0.4, -0.2) is 44.7 Å². The lowest BCUT2D eigenvalue weighted by Crippen LogP contribution is -2.48. The molecule has 5 nitrogen and oxygen atoms in total. The second kappa shape index (κ2) is 5.95. The van der Waals surface area contributed by atoms with E-state index in [1.165, 1.54) is 6.42 Å². The fourth-order valence-corrected chi connectivity index (χ4v) is 2.83. The second-order valence-electron chi connectivity index (χ2n) is 4.59. The molecule has 0 aromatic carbocycles. The van der Waals surface area contributed by atoms with E-state index in [1.54, 1.807) is 0 Å². The van der Waals surface area contributed by atoms with Gasteiger partial charge in [0.05, 0.1) is 5.75 Å². The van der Waals surface area contributed by atoms with Crippen molar-refractivity contribution in [2.75, 3.05) is 25.4 Å². The van der Waals surface area contributed by atoms with Gasteiger partial charge in [-0.2, -0.15) is 0 Å². The summed E-state index contributed by atoms with van der Waals surface area (Å²) in [5.41, 5.74) is 5.73. The van der Waals surface area contributed by atoms with Crippen LogP contribution in [0.3, 0.4) is 0 Å². The van der Waals surface area contributed by atoms with Gasteiger partial charge in [0.25, 0.3) is 0 Å². The number of hydrogen-bond donors (Lipinski definition) is 2. The zero-order chi connectivity index (χ0) is 12.2. The Morgan fingerprint density at radius 1 is 1.44 bits per heavy atom. The quantitative estimate of drug-likeness (QED) is 0.701. The highest BCUT2D eigenvalue weighted by Crippen LogP contribution is 2.24. The molecule has 0 bridgehead atoms. The lowest BCUT2D eigenvalue weighted by Gasteiger charge is -2.38. The molecule has 1 aliphatic heterocycles. The second-order valence-corrected chi connectivity index (χ2v) is 6.33. The Morgan fingerprint density at radius 2 is 2.12 bits per heavy atom. The van der Waals surface area contributed by atoms with E-state index in [0.29, 0.717) is 19.1 Å². The van der Waals surface area contributed by atoms with Crippen molar-refractivity contribution >= 4 is 10.0 Å². The standard InChI is InChI=1S/C10H23N3O2S/c1-2-9-3-4-13(10(7-9)8-11)5-6-16(12,14)15/h9-10H,2-8,11H2,1H3,(H2,12,14,15). The Morgan fingerprint density at radius 3 is 2.62 bits per heavy atom. The third-order valence-electron chi connectivity index (χ3n) is 3.46. The monoisotopic (exact) mass is 249 g/mol. The van der Waals surface area contributed by atoms with Gasteiger partial charge in [-0.25, -0.2) is 13.6 Å². The van der Waals surface area contributed by atoms with Gasteiger partial charge in [-0.3, -0.25) is 4.90 Å². The largest absolute Gasteiger partial charge is 0.329 e. The maximum absolute atomic E-state index is 10.9. The summed E-state index contributed by atoms with van der Waals surface area (Å²) >= 11 is 0. The Kier molecular flexibility index (Phi) is 5.17. The maximum atomic E-state index is 10.9. The van der Waals surface area contributed by atoms with Gasteiger partial charge in [-0.05, 0) is 25.3 Å². The number of nitrogens with zero attached hydrogens (tertiary/aromatic N) is 1. The van der Waals surface area contributed by atoms with Crippen LogP contribution < -0.4 is 10.9 Å². The molecule has 1 heterocycles. The van der Waals surface area contributed by atoms with E-state index in [9.17, 15) is 8.42 Å². The number of nitrogens with two attached hydrogens (primary N) is 2. The van der Waals surface area contributed by atoms with Crippen molar-refractivity contribution in [3.63, 3.8) is 0 Å². The van der Waals surface area contributed by atoms with Crippen molar-refractivity contribution in [1.82, 2.24) is 4.90 Å². The van der Waals surface area contributed by atoms with Gasteiger partial charge in [0.15, 0.2) is 0 Å². The number of piperidine rings is 1. The van der Waals surface area contributed by atoms with Gasteiger partial charge in [0, 0.05) is 19.1 Å². The van der Waals surface area contributed by atoms with E-state index in [0.717, 1.165) is 25.3 Å². The van der Waals surface area contributed by atoms with Crippen molar-refractivity contribution in [3.05, 3.63) is 0 Å². The van der Waals surface area contributed by atoms with Crippen molar-refractivity contribution in [2.24, 2.45) is 16.8 Å². The maximum Gasteiger partial charge on any atom is 0.210 e. The highest BCUT2D eigenvalue weighted by Gasteiger charge is 2.26. The number of hydrogen-bond acceptors (Lipinski definition) is 4. The topological polar surface area (TPSA) is 89.4 Å². The first-order valence-electron chi connectivity index (χ1n) is 5.90. The molecule has 2 atom stereocenters. The predicted octanol–water partition coefficient (Wildman–Crippen LogP) is -0.276. The van der Waals surface area contributed by atoms with Gasteiger partial charge >= 0.3 is 0 Å². The summed E-state index contributed by atoms with van der Waals surface area (Å²) in [4.78, 5) is 2.16. The molecule has 0 aromatic rings. The first-order valence-corrected chi connectivity index (χ1v) is 7.62. The molecule has 96 valence electrons. The zero-order valence-electron chi connectivity index (χ0n) is 9.93. The molecule has 16 heavy (non-hydrogen) atoms. The Hall–Kier alpha value is -0.170. The van der Waals surface area contributed by atoms with Gasteiger partial charge in [0.2, 0.25) is 10.0 Å². The van der Waals surface area contributed by atoms with Crippen molar-refractivity contribution < 1.29 is 8.42 Å². The number of sulfonamides is 1. The molecule has 0 saturated carbocycles. The van der Waals surface area contributed by atoms with Crippen molar-refractivity contribution in [3.8, 4) is 0 Å². The molecular formula is C10H23N3O2S. The molecule has 4 N–H and O–H groups in total. The van der Waals surface area contributed by atoms with Gasteiger partial charge < -0.3 is 5.73 Å². The average Bonchev–Trinajstić information content (AvgIpc) is 2.25. The third-order valence-corrected chi connectivity index (χ3v) is 4.21. The van der Waals surface area contributed by atoms with Crippen LogP contribution in [0.4, 0.5) is 0 Å². The summed E-state index contributed by atoms with van der Waals surface area (Å²) in [7, 11) is -3.36. The third kappa shape index (κ3) is 4.37. The predicted molar refractivity (Wildman–Crippen MR) is 65.4 cm³/mol. The molecule has 1 rings (SSSR count). The molecular weight excluding hydrogens is 226 g/mol. The fourth-order valence-electron chi connectivity index (χ4n) is 2.34. The minimum absolute atomic E-state index is 0.0281. The molecule has 0 aromatic heterocycles. The summed E-state index contributed by atoms with van der Waals surface area (Å²) in [5, 5.41) is 5.01. The van der Waals surface area contributed by atoms with E-state index in [-0.39, 0.29) is 5.75 Å². The molecule has 0 amide bonds. The summed E-state index contributed by atoms with van der Waals surface area (Å²) in [5.74, 6) is 0.764. The summed E-state index contributed by atoms with van der Waals surface area (Å²) in [6.45, 7) is 4.24. The SMILES string of the molecule is CCC1CCN(CCS(N)(=O)=O)C(CN)C1. The molecule has 0 spiro atoms. The average molecular weight is 249 g/mol. The number of rotatable bonds is 5. The van der Waals surface area contributed by atoms with E-state index in [1.807, 2.05) is 0 Å². The molecule has 1 fully saturated rings. The van der Waals surface area contributed by atoms with Crippen LogP contribution in [0, 0.1) is 5.92 Å². The van der Waals surface area contributed by atoms with Crippen LogP contribution in [-0.2, 0) is 10.0 Å². The Balaban J connectivity index is 2.47. The number of primary sulfonamides is 1. The van der Waals surface area contributed by atoms with Gasteiger partial charge in [0.1, 0.15) is 0 Å². The normalized spacial score (nSPS) is 28.2.